The molecule has 2 aromatic carbocycles. The normalized spacial score (nSPS) is 10.4. The summed E-state index contributed by atoms with van der Waals surface area (Å²) in [4.78, 5) is 26.6. The van der Waals surface area contributed by atoms with Gasteiger partial charge in [0.1, 0.15) is 0 Å². The summed E-state index contributed by atoms with van der Waals surface area (Å²) < 4.78 is 0. The number of amides is 1. The molecule has 0 aliphatic carbocycles. The molecule has 0 aliphatic rings. The predicted molar refractivity (Wildman–Crippen MR) is 84.9 cm³/mol. The van der Waals surface area contributed by atoms with Crippen LogP contribution in [0.25, 0.3) is 0 Å². The molecular formula is C16H15N3O4. The van der Waals surface area contributed by atoms with Gasteiger partial charge in [-0.25, -0.2) is 0 Å². The van der Waals surface area contributed by atoms with Crippen LogP contribution in [0.15, 0.2) is 59.8 Å². The SMILES string of the molecule is O=C(CO/N=C/c1cccc([N+](=O)[O-])c1)NCc1ccccc1. The van der Waals surface area contributed by atoms with Crippen LogP contribution in [0.4, 0.5) is 5.69 Å². The number of carbonyl (C=O) groups excluding carboxylic acids is 1. The minimum atomic E-state index is -0.491. The Labute approximate surface area is 132 Å². The molecule has 0 radical (unpaired) electrons. The zero-order valence-corrected chi connectivity index (χ0v) is 12.2. The minimum Gasteiger partial charge on any atom is -0.386 e. The van der Waals surface area contributed by atoms with Gasteiger partial charge in [-0.15, -0.1) is 0 Å². The van der Waals surface area contributed by atoms with E-state index in [0.29, 0.717) is 12.1 Å². The molecule has 0 saturated heterocycles. The van der Waals surface area contributed by atoms with Crippen molar-refractivity contribution in [2.24, 2.45) is 5.16 Å². The van der Waals surface area contributed by atoms with Gasteiger partial charge >= 0.3 is 0 Å². The average Bonchev–Trinajstić information content (AvgIpc) is 2.58. The van der Waals surface area contributed by atoms with Crippen molar-refractivity contribution in [3.05, 3.63) is 75.8 Å². The van der Waals surface area contributed by atoms with Crippen LogP contribution in [-0.2, 0) is 16.2 Å². The van der Waals surface area contributed by atoms with Crippen molar-refractivity contribution in [1.82, 2.24) is 5.32 Å². The Morgan fingerprint density at radius 1 is 1.22 bits per heavy atom. The second kappa shape index (κ2) is 8.28. The molecule has 2 aromatic rings. The van der Waals surface area contributed by atoms with E-state index in [9.17, 15) is 14.9 Å². The zero-order chi connectivity index (χ0) is 16.5. The van der Waals surface area contributed by atoms with Crippen LogP contribution < -0.4 is 5.32 Å². The maximum Gasteiger partial charge on any atom is 0.270 e. The number of benzene rings is 2. The molecule has 1 amide bonds. The van der Waals surface area contributed by atoms with Crippen molar-refractivity contribution in [2.45, 2.75) is 6.54 Å². The number of nitro groups is 1. The number of hydrogen-bond acceptors (Lipinski definition) is 5. The van der Waals surface area contributed by atoms with Gasteiger partial charge in [-0.05, 0) is 5.56 Å². The highest BCUT2D eigenvalue weighted by atomic mass is 16.6. The molecule has 0 aromatic heterocycles. The summed E-state index contributed by atoms with van der Waals surface area (Å²) in [5, 5.41) is 17.0. The van der Waals surface area contributed by atoms with Crippen molar-refractivity contribution >= 4 is 17.8 Å². The van der Waals surface area contributed by atoms with Crippen LogP contribution in [0.5, 0.6) is 0 Å². The third-order valence-electron chi connectivity index (χ3n) is 2.89. The number of nitrogens with zero attached hydrogens (tertiary/aromatic N) is 2. The standard InChI is InChI=1S/C16H15N3O4/c20-16(17-10-13-5-2-1-3-6-13)12-23-18-11-14-7-4-8-15(9-14)19(21)22/h1-9,11H,10,12H2,(H,17,20)/b18-11+. The summed E-state index contributed by atoms with van der Waals surface area (Å²) in [6, 6.07) is 15.4. The van der Waals surface area contributed by atoms with Crippen molar-refractivity contribution < 1.29 is 14.6 Å². The number of carbonyl (C=O) groups is 1. The predicted octanol–water partition coefficient (Wildman–Crippen LogP) is 2.26. The number of hydrogen-bond donors (Lipinski definition) is 1. The number of nitrogens with one attached hydrogen (secondary N) is 1. The van der Waals surface area contributed by atoms with Crippen LogP contribution >= 0.6 is 0 Å². The van der Waals surface area contributed by atoms with Crippen molar-refractivity contribution in [2.75, 3.05) is 6.61 Å². The monoisotopic (exact) mass is 313 g/mol. The highest BCUT2D eigenvalue weighted by molar-refractivity contribution is 5.80. The summed E-state index contributed by atoms with van der Waals surface area (Å²) in [7, 11) is 0. The van der Waals surface area contributed by atoms with E-state index in [1.165, 1.54) is 18.3 Å². The van der Waals surface area contributed by atoms with Crippen LogP contribution in [0.1, 0.15) is 11.1 Å². The first-order valence-corrected chi connectivity index (χ1v) is 6.85. The van der Waals surface area contributed by atoms with Gasteiger partial charge in [0, 0.05) is 24.2 Å². The van der Waals surface area contributed by atoms with Crippen LogP contribution in [0.3, 0.4) is 0 Å². The second-order valence-corrected chi connectivity index (χ2v) is 4.62. The fourth-order valence-corrected chi connectivity index (χ4v) is 1.76. The van der Waals surface area contributed by atoms with Crippen molar-refractivity contribution in [3.63, 3.8) is 0 Å². The van der Waals surface area contributed by atoms with Gasteiger partial charge in [0.25, 0.3) is 11.6 Å². The largest absolute Gasteiger partial charge is 0.386 e. The molecule has 0 bridgehead atoms. The first kappa shape index (κ1) is 16.2. The van der Waals surface area contributed by atoms with Gasteiger partial charge in [-0.2, -0.15) is 0 Å². The molecule has 0 fully saturated rings. The maximum atomic E-state index is 11.6. The quantitative estimate of drug-likeness (QED) is 0.482. The molecule has 2 rings (SSSR count). The Morgan fingerprint density at radius 2 is 2.00 bits per heavy atom. The number of oxime groups is 1. The number of nitro benzene ring substituents is 1. The lowest BCUT2D eigenvalue weighted by Gasteiger charge is -2.04. The topological polar surface area (TPSA) is 93.8 Å². The van der Waals surface area contributed by atoms with E-state index in [2.05, 4.69) is 10.5 Å². The molecule has 23 heavy (non-hydrogen) atoms. The Kier molecular flexibility index (Phi) is 5.81. The highest BCUT2D eigenvalue weighted by Crippen LogP contribution is 2.11. The van der Waals surface area contributed by atoms with Gasteiger partial charge in [0.15, 0.2) is 6.61 Å². The van der Waals surface area contributed by atoms with Crippen LogP contribution in [0, 0.1) is 10.1 Å². The van der Waals surface area contributed by atoms with E-state index in [-0.39, 0.29) is 18.2 Å². The summed E-state index contributed by atoms with van der Waals surface area (Å²) in [6.45, 7) is 0.190. The Hall–Kier alpha value is -3.22. The molecule has 0 atom stereocenters. The fraction of sp³-hybridized carbons (Fsp3) is 0.125. The highest BCUT2D eigenvalue weighted by Gasteiger charge is 2.04. The number of rotatable bonds is 7. The lowest BCUT2D eigenvalue weighted by atomic mass is 10.2. The van der Waals surface area contributed by atoms with Crippen LogP contribution in [-0.4, -0.2) is 23.7 Å². The lowest BCUT2D eigenvalue weighted by molar-refractivity contribution is -0.384. The molecule has 7 nitrogen and oxygen atoms in total. The van der Waals surface area contributed by atoms with Gasteiger partial charge in [-0.3, -0.25) is 14.9 Å². The zero-order valence-electron chi connectivity index (χ0n) is 12.2. The molecule has 0 heterocycles. The molecule has 0 saturated carbocycles. The summed E-state index contributed by atoms with van der Waals surface area (Å²) >= 11 is 0. The van der Waals surface area contributed by atoms with E-state index in [4.69, 9.17) is 4.84 Å². The molecule has 0 aliphatic heterocycles. The van der Waals surface area contributed by atoms with E-state index in [1.807, 2.05) is 30.3 Å². The molecular weight excluding hydrogens is 298 g/mol. The fourth-order valence-electron chi connectivity index (χ4n) is 1.76. The van der Waals surface area contributed by atoms with Gasteiger partial charge in [0.05, 0.1) is 11.1 Å². The van der Waals surface area contributed by atoms with E-state index in [0.717, 1.165) is 5.56 Å². The summed E-state index contributed by atoms with van der Waals surface area (Å²) in [5.41, 5.74) is 1.47. The molecule has 0 spiro atoms. The first-order chi connectivity index (χ1) is 11.1. The molecule has 118 valence electrons. The third-order valence-corrected chi connectivity index (χ3v) is 2.89. The summed E-state index contributed by atoms with van der Waals surface area (Å²) in [5.74, 6) is -0.301. The Bertz CT molecular complexity index is 701. The van der Waals surface area contributed by atoms with E-state index >= 15 is 0 Å². The maximum absolute atomic E-state index is 11.6. The minimum absolute atomic E-state index is 0.0328. The smallest absolute Gasteiger partial charge is 0.270 e. The lowest BCUT2D eigenvalue weighted by Crippen LogP contribution is -2.26. The average molecular weight is 313 g/mol. The summed E-state index contributed by atoms with van der Waals surface area (Å²) in [6.07, 6.45) is 1.32. The Balaban J connectivity index is 1.74. The van der Waals surface area contributed by atoms with Gasteiger partial charge in [0.2, 0.25) is 0 Å². The van der Waals surface area contributed by atoms with Crippen molar-refractivity contribution in [1.29, 1.82) is 0 Å². The molecule has 7 heteroatoms. The van der Waals surface area contributed by atoms with Crippen LogP contribution in [0.2, 0.25) is 0 Å². The van der Waals surface area contributed by atoms with Crippen molar-refractivity contribution in [3.8, 4) is 0 Å². The third kappa shape index (κ3) is 5.58. The second-order valence-electron chi connectivity index (χ2n) is 4.62. The number of non-ortho nitro benzene ring substituents is 1. The van der Waals surface area contributed by atoms with Gasteiger partial charge < -0.3 is 10.2 Å². The van der Waals surface area contributed by atoms with E-state index < -0.39 is 4.92 Å². The van der Waals surface area contributed by atoms with E-state index in [1.54, 1.807) is 12.1 Å². The van der Waals surface area contributed by atoms with Gasteiger partial charge in [-0.1, -0.05) is 47.6 Å². The first-order valence-electron chi connectivity index (χ1n) is 6.85. The Morgan fingerprint density at radius 3 is 2.74 bits per heavy atom. The molecule has 1 N–H and O–H groups in total. The molecule has 0 unspecified atom stereocenters.